The van der Waals surface area contributed by atoms with Crippen LogP contribution in [0.3, 0.4) is 0 Å². The van der Waals surface area contributed by atoms with Crippen molar-refractivity contribution in [2.75, 3.05) is 6.61 Å². The number of rotatable bonds is 3. The van der Waals surface area contributed by atoms with E-state index < -0.39 is 5.97 Å². The molecule has 1 heterocycles. The molecule has 0 saturated carbocycles. The molecule has 0 radical (unpaired) electrons. The van der Waals surface area contributed by atoms with E-state index in [1.165, 1.54) is 5.57 Å². The molecule has 0 unspecified atom stereocenters. The molecule has 92 valence electrons. The minimum Gasteiger partial charge on any atom is -0.482 e. The van der Waals surface area contributed by atoms with Crippen LogP contribution < -0.4 is 9.88 Å². The Morgan fingerprint density at radius 1 is 1.56 bits per heavy atom. The van der Waals surface area contributed by atoms with Crippen molar-refractivity contribution in [1.82, 2.24) is 4.98 Å². The molecule has 0 fully saturated rings. The first-order valence-electron chi connectivity index (χ1n) is 5.34. The third-order valence-corrected chi connectivity index (χ3v) is 3.96. The van der Waals surface area contributed by atoms with Crippen LogP contribution >= 0.6 is 23.6 Å². The highest BCUT2D eigenvalue weighted by molar-refractivity contribution is 7.73. The molecule has 0 amide bonds. The molecule has 1 aromatic heterocycles. The molecule has 0 atom stereocenters. The molecule has 1 aromatic rings. The summed E-state index contributed by atoms with van der Waals surface area (Å²) < 4.78 is 7.09. The lowest BCUT2D eigenvalue weighted by molar-refractivity contribution is -0.140. The summed E-state index contributed by atoms with van der Waals surface area (Å²) in [5.41, 5.74) is 2.27. The van der Waals surface area contributed by atoms with Gasteiger partial charge in [0.15, 0.2) is 10.6 Å². The van der Waals surface area contributed by atoms with Crippen LogP contribution in [-0.4, -0.2) is 22.7 Å². The van der Waals surface area contributed by atoms with E-state index >= 15 is 0 Å². The quantitative estimate of drug-likeness (QED) is 0.812. The number of aromatic nitrogens is 1. The Hall–Kier alpha value is -1.66. The van der Waals surface area contributed by atoms with Crippen molar-refractivity contribution in [3.8, 4) is 0 Å². The lowest BCUT2D eigenvalue weighted by atomic mass is 10.0. The standard InChI is InChI=1S/C12H9NO3S2/c14-10(15)5-16-7-1-2-8-6(3-7)4-9-11(8)13-12(17)18-9/h1,3-4H,2,5H2,(H,13,17)(H,14,15). The van der Waals surface area contributed by atoms with E-state index in [1.807, 2.05) is 12.2 Å². The van der Waals surface area contributed by atoms with Crippen molar-refractivity contribution in [2.24, 2.45) is 0 Å². The van der Waals surface area contributed by atoms with Crippen LogP contribution in [0.1, 0.15) is 6.42 Å². The second-order valence-corrected chi connectivity index (χ2v) is 5.69. The molecular formula is C12H9NO3S2. The molecule has 4 nitrogen and oxygen atoms in total. The fraction of sp³-hybridized carbons (Fsp3) is 0.167. The molecule has 0 bridgehead atoms. The molecule has 6 heteroatoms. The molecular weight excluding hydrogens is 270 g/mol. The predicted molar refractivity (Wildman–Crippen MR) is 71.0 cm³/mol. The van der Waals surface area contributed by atoms with E-state index in [-0.39, 0.29) is 6.61 Å². The number of hydrogen-bond acceptors (Lipinski definition) is 4. The Morgan fingerprint density at radius 3 is 3.17 bits per heavy atom. The molecule has 0 spiro atoms. The summed E-state index contributed by atoms with van der Waals surface area (Å²) in [4.78, 5) is 13.6. The fourth-order valence-corrected chi connectivity index (χ4v) is 3.23. The largest absolute Gasteiger partial charge is 0.482 e. The third kappa shape index (κ3) is 1.93. The SMILES string of the molecule is O=C(O)COC1=CCC2=c3[nH]c(=S)sc3=CC2=C1. The summed E-state index contributed by atoms with van der Waals surface area (Å²) in [5.74, 6) is -0.358. The van der Waals surface area contributed by atoms with Crippen LogP contribution in [0.5, 0.6) is 0 Å². The maximum atomic E-state index is 10.4. The molecule has 0 aliphatic heterocycles. The first kappa shape index (κ1) is 11.4. The second-order valence-electron chi connectivity index (χ2n) is 3.97. The summed E-state index contributed by atoms with van der Waals surface area (Å²) in [6.07, 6.45) is 6.54. The van der Waals surface area contributed by atoms with Crippen molar-refractivity contribution in [1.29, 1.82) is 0 Å². The molecule has 2 aliphatic rings. The lowest BCUT2D eigenvalue weighted by Crippen LogP contribution is -2.19. The van der Waals surface area contributed by atoms with E-state index in [9.17, 15) is 4.79 Å². The van der Waals surface area contributed by atoms with Crippen LogP contribution in [0.2, 0.25) is 0 Å². The number of ether oxygens (including phenoxy) is 1. The van der Waals surface area contributed by atoms with Crippen LogP contribution in [0.4, 0.5) is 0 Å². The third-order valence-electron chi connectivity index (χ3n) is 2.78. The van der Waals surface area contributed by atoms with Gasteiger partial charge in [-0.3, -0.25) is 0 Å². The number of carbonyl (C=O) groups is 1. The van der Waals surface area contributed by atoms with Gasteiger partial charge < -0.3 is 14.8 Å². The minimum absolute atomic E-state index is 0.310. The molecule has 2 N–H and O–H groups in total. The summed E-state index contributed by atoms with van der Waals surface area (Å²) in [6, 6.07) is 0. The van der Waals surface area contributed by atoms with E-state index in [0.29, 0.717) is 5.76 Å². The Kier molecular flexibility index (Phi) is 2.68. The predicted octanol–water partition coefficient (Wildman–Crippen LogP) is 1.07. The van der Waals surface area contributed by atoms with Gasteiger partial charge in [0, 0.05) is 0 Å². The minimum atomic E-state index is -0.970. The Labute approximate surface area is 111 Å². The van der Waals surface area contributed by atoms with Gasteiger partial charge in [-0.05, 0) is 48.0 Å². The van der Waals surface area contributed by atoms with Gasteiger partial charge in [-0.15, -0.1) is 11.3 Å². The van der Waals surface area contributed by atoms with Gasteiger partial charge in [-0.1, -0.05) is 0 Å². The van der Waals surface area contributed by atoms with Crippen molar-refractivity contribution < 1.29 is 14.6 Å². The van der Waals surface area contributed by atoms with Crippen molar-refractivity contribution in [3.05, 3.63) is 37.3 Å². The van der Waals surface area contributed by atoms with Gasteiger partial charge in [-0.25, -0.2) is 4.79 Å². The zero-order chi connectivity index (χ0) is 12.7. The van der Waals surface area contributed by atoms with Gasteiger partial charge in [0.25, 0.3) is 0 Å². The number of nitrogens with one attached hydrogen (secondary N) is 1. The average Bonchev–Trinajstić information content (AvgIpc) is 2.81. The Morgan fingerprint density at radius 2 is 2.39 bits per heavy atom. The van der Waals surface area contributed by atoms with E-state index in [0.717, 1.165) is 25.8 Å². The summed E-state index contributed by atoms with van der Waals surface area (Å²) in [6.45, 7) is -0.310. The Bertz CT molecular complexity index is 764. The van der Waals surface area contributed by atoms with Gasteiger partial charge >= 0.3 is 5.97 Å². The van der Waals surface area contributed by atoms with E-state index in [4.69, 9.17) is 22.1 Å². The van der Waals surface area contributed by atoms with Crippen molar-refractivity contribution in [3.63, 3.8) is 0 Å². The smallest absolute Gasteiger partial charge is 0.341 e. The normalized spacial score (nSPS) is 16.3. The average molecular weight is 279 g/mol. The van der Waals surface area contributed by atoms with E-state index in [1.54, 1.807) is 11.3 Å². The highest BCUT2D eigenvalue weighted by Crippen LogP contribution is 2.26. The number of allylic oxidation sites excluding steroid dienone is 3. The highest BCUT2D eigenvalue weighted by Gasteiger charge is 2.17. The lowest BCUT2D eigenvalue weighted by Gasteiger charge is -2.12. The summed E-state index contributed by atoms with van der Waals surface area (Å²) in [5, 5.41) is 9.66. The molecule has 0 aromatic carbocycles. The number of aliphatic carboxylic acids is 1. The number of aromatic amines is 1. The van der Waals surface area contributed by atoms with Crippen LogP contribution in [-0.2, 0) is 9.53 Å². The maximum absolute atomic E-state index is 10.4. The molecule has 3 rings (SSSR count). The number of thiazole rings is 1. The molecule has 2 aliphatic carbocycles. The van der Waals surface area contributed by atoms with E-state index in [2.05, 4.69) is 11.1 Å². The van der Waals surface area contributed by atoms with Crippen LogP contribution in [0, 0.1) is 3.95 Å². The van der Waals surface area contributed by atoms with Crippen molar-refractivity contribution >= 4 is 41.2 Å². The number of H-pyrrole nitrogens is 1. The van der Waals surface area contributed by atoms with Crippen LogP contribution in [0.15, 0.2) is 23.5 Å². The maximum Gasteiger partial charge on any atom is 0.341 e. The Balaban J connectivity index is 1.93. The number of carboxylic acid groups (broad SMARTS) is 1. The van der Waals surface area contributed by atoms with Gasteiger partial charge in [0.05, 0.1) is 9.88 Å². The summed E-state index contributed by atoms with van der Waals surface area (Å²) in [7, 11) is 0. The molecule has 0 saturated heterocycles. The second kappa shape index (κ2) is 4.22. The first-order valence-corrected chi connectivity index (χ1v) is 6.57. The molecule has 18 heavy (non-hydrogen) atoms. The highest BCUT2D eigenvalue weighted by atomic mass is 32.1. The van der Waals surface area contributed by atoms with Crippen LogP contribution in [0.25, 0.3) is 11.6 Å². The van der Waals surface area contributed by atoms with Gasteiger partial charge in [0.1, 0.15) is 5.76 Å². The fourth-order valence-electron chi connectivity index (χ4n) is 2.05. The van der Waals surface area contributed by atoms with Crippen molar-refractivity contribution in [2.45, 2.75) is 6.42 Å². The number of carboxylic acids is 1. The first-order chi connectivity index (χ1) is 8.63. The summed E-state index contributed by atoms with van der Waals surface area (Å²) >= 11 is 6.66. The monoisotopic (exact) mass is 279 g/mol. The van der Waals surface area contributed by atoms with Gasteiger partial charge in [-0.2, -0.15) is 0 Å². The number of hydrogen-bond donors (Lipinski definition) is 2. The topological polar surface area (TPSA) is 62.3 Å². The van der Waals surface area contributed by atoms with Gasteiger partial charge in [0.2, 0.25) is 0 Å². The number of fused-ring (bicyclic) bond motifs is 2. The zero-order valence-corrected chi connectivity index (χ0v) is 10.9. The zero-order valence-electron chi connectivity index (χ0n) is 9.23.